The summed E-state index contributed by atoms with van der Waals surface area (Å²) in [7, 11) is 0. The first-order valence-corrected chi connectivity index (χ1v) is 12.0. The lowest BCUT2D eigenvalue weighted by Gasteiger charge is -2.14. The van der Waals surface area contributed by atoms with E-state index in [1.165, 1.54) is 23.9 Å². The minimum atomic E-state index is -0.418. The Balaban J connectivity index is 1.35. The van der Waals surface area contributed by atoms with Gasteiger partial charge in [-0.05, 0) is 42.3 Å². The molecule has 0 bridgehead atoms. The first-order valence-electron chi connectivity index (χ1n) is 11.1. The van der Waals surface area contributed by atoms with E-state index in [4.69, 9.17) is 9.47 Å². The Morgan fingerprint density at radius 3 is 2.57 bits per heavy atom. The van der Waals surface area contributed by atoms with E-state index in [2.05, 4.69) is 15.5 Å². The van der Waals surface area contributed by atoms with Gasteiger partial charge in [0, 0.05) is 12.1 Å². The fourth-order valence-corrected chi connectivity index (χ4v) is 4.56. The topological polar surface area (TPSA) is 78.3 Å². The second kappa shape index (κ2) is 10.2. The lowest BCUT2D eigenvalue weighted by atomic mass is 10.2. The van der Waals surface area contributed by atoms with Crippen LogP contribution in [-0.2, 0) is 17.9 Å². The molecule has 0 radical (unpaired) electrons. The van der Waals surface area contributed by atoms with Gasteiger partial charge >= 0.3 is 0 Å². The van der Waals surface area contributed by atoms with Crippen molar-refractivity contribution in [3.63, 3.8) is 0 Å². The van der Waals surface area contributed by atoms with E-state index in [-0.39, 0.29) is 18.5 Å². The summed E-state index contributed by atoms with van der Waals surface area (Å²) in [6, 6.07) is 21.7. The van der Waals surface area contributed by atoms with Gasteiger partial charge in [-0.15, -0.1) is 10.2 Å². The first-order chi connectivity index (χ1) is 17.1. The normalized spacial score (nSPS) is 13.0. The highest BCUT2D eigenvalue weighted by molar-refractivity contribution is 8.00. The zero-order valence-corrected chi connectivity index (χ0v) is 19.8. The van der Waals surface area contributed by atoms with Crippen molar-refractivity contribution >= 4 is 17.7 Å². The molecular weight excluding hydrogens is 467 g/mol. The third-order valence-corrected chi connectivity index (χ3v) is 6.64. The number of aromatic nitrogens is 3. The number of hydrogen-bond donors (Lipinski definition) is 1. The van der Waals surface area contributed by atoms with Crippen LogP contribution in [0.25, 0.3) is 11.4 Å². The number of carbonyl (C=O) groups excluding carboxylic acids is 1. The third-order valence-electron chi connectivity index (χ3n) is 5.56. The summed E-state index contributed by atoms with van der Waals surface area (Å²) in [4.78, 5) is 12.8. The van der Waals surface area contributed by atoms with Gasteiger partial charge in [-0.3, -0.25) is 9.36 Å². The van der Waals surface area contributed by atoms with Gasteiger partial charge in [0.2, 0.25) is 12.7 Å². The molecule has 1 unspecified atom stereocenters. The largest absolute Gasteiger partial charge is 0.454 e. The van der Waals surface area contributed by atoms with Crippen LogP contribution < -0.4 is 14.8 Å². The number of benzene rings is 3. The Hall–Kier alpha value is -3.85. The van der Waals surface area contributed by atoms with E-state index < -0.39 is 5.25 Å². The maximum absolute atomic E-state index is 13.1. The van der Waals surface area contributed by atoms with Gasteiger partial charge in [-0.25, -0.2) is 4.39 Å². The summed E-state index contributed by atoms with van der Waals surface area (Å²) in [5.41, 5.74) is 2.76. The molecule has 35 heavy (non-hydrogen) atoms. The standard InChI is InChI=1S/C26H23FN4O3S/c1-17(25(32)28-14-18-7-10-21(27)11-8-18)35-26-30-29-24(20-5-3-2-4-6-20)31(26)15-19-9-12-22-23(13-19)34-16-33-22/h2-13,17H,14-16H2,1H3,(H,28,32). The minimum Gasteiger partial charge on any atom is -0.454 e. The lowest BCUT2D eigenvalue weighted by Crippen LogP contribution is -2.30. The van der Waals surface area contributed by atoms with Crippen LogP contribution in [0.5, 0.6) is 11.5 Å². The second-order valence-electron chi connectivity index (χ2n) is 8.05. The van der Waals surface area contributed by atoms with Gasteiger partial charge in [0.05, 0.1) is 11.8 Å². The zero-order chi connectivity index (χ0) is 24.2. The van der Waals surface area contributed by atoms with Gasteiger partial charge in [-0.1, -0.05) is 60.3 Å². The number of rotatable bonds is 8. The number of thioether (sulfide) groups is 1. The molecule has 2 heterocycles. The van der Waals surface area contributed by atoms with Crippen molar-refractivity contribution in [2.75, 3.05) is 6.79 Å². The molecule has 0 saturated heterocycles. The summed E-state index contributed by atoms with van der Waals surface area (Å²) in [6.45, 7) is 2.86. The number of amides is 1. The van der Waals surface area contributed by atoms with Crippen LogP contribution in [0.1, 0.15) is 18.1 Å². The van der Waals surface area contributed by atoms with Crippen molar-refractivity contribution in [2.24, 2.45) is 0 Å². The highest BCUT2D eigenvalue weighted by Gasteiger charge is 2.22. The van der Waals surface area contributed by atoms with Crippen molar-refractivity contribution < 1.29 is 18.7 Å². The molecule has 3 aromatic carbocycles. The predicted octanol–water partition coefficient (Wildman–Crippen LogP) is 4.66. The molecule has 7 nitrogen and oxygen atoms in total. The van der Waals surface area contributed by atoms with Crippen LogP contribution >= 0.6 is 11.8 Å². The summed E-state index contributed by atoms with van der Waals surface area (Å²) in [5, 5.41) is 12.0. The van der Waals surface area contributed by atoms with Gasteiger partial charge in [0.1, 0.15) is 5.82 Å². The molecule has 4 aromatic rings. The molecule has 1 aliphatic heterocycles. The Kier molecular flexibility index (Phi) is 6.67. The van der Waals surface area contributed by atoms with Gasteiger partial charge in [-0.2, -0.15) is 0 Å². The Morgan fingerprint density at radius 2 is 1.77 bits per heavy atom. The highest BCUT2D eigenvalue weighted by Crippen LogP contribution is 2.34. The fourth-order valence-electron chi connectivity index (χ4n) is 3.69. The molecule has 1 amide bonds. The van der Waals surface area contributed by atoms with Crippen molar-refractivity contribution in [3.8, 4) is 22.9 Å². The quantitative estimate of drug-likeness (QED) is 0.362. The third kappa shape index (κ3) is 5.30. The molecule has 0 spiro atoms. The zero-order valence-electron chi connectivity index (χ0n) is 19.0. The predicted molar refractivity (Wildman–Crippen MR) is 131 cm³/mol. The molecule has 1 atom stereocenters. The molecule has 178 valence electrons. The Morgan fingerprint density at radius 1 is 1.03 bits per heavy atom. The molecule has 5 rings (SSSR count). The monoisotopic (exact) mass is 490 g/mol. The van der Waals surface area contributed by atoms with Crippen LogP contribution in [0.3, 0.4) is 0 Å². The Bertz CT molecular complexity index is 1330. The van der Waals surface area contributed by atoms with Crippen LogP contribution in [0, 0.1) is 5.82 Å². The molecule has 0 saturated carbocycles. The minimum absolute atomic E-state index is 0.141. The summed E-state index contributed by atoms with van der Waals surface area (Å²) in [5.74, 6) is 1.70. The molecule has 1 aliphatic rings. The highest BCUT2D eigenvalue weighted by atomic mass is 32.2. The average molecular weight is 491 g/mol. The fraction of sp³-hybridized carbons (Fsp3) is 0.192. The van der Waals surface area contributed by atoms with Gasteiger partial charge in [0.15, 0.2) is 22.5 Å². The Labute approximate surface area is 206 Å². The summed E-state index contributed by atoms with van der Waals surface area (Å²) in [6.07, 6.45) is 0. The second-order valence-corrected chi connectivity index (χ2v) is 9.36. The van der Waals surface area contributed by atoms with E-state index in [9.17, 15) is 9.18 Å². The van der Waals surface area contributed by atoms with Crippen molar-refractivity contribution in [1.82, 2.24) is 20.1 Å². The van der Waals surface area contributed by atoms with E-state index in [0.717, 1.165) is 22.4 Å². The molecule has 0 aliphatic carbocycles. The number of hydrogen-bond acceptors (Lipinski definition) is 6. The van der Waals surface area contributed by atoms with Crippen LogP contribution in [-0.4, -0.2) is 32.7 Å². The van der Waals surface area contributed by atoms with E-state index in [1.807, 2.05) is 60.0 Å². The molecule has 9 heteroatoms. The maximum Gasteiger partial charge on any atom is 0.233 e. The molecule has 1 N–H and O–H groups in total. The van der Waals surface area contributed by atoms with Crippen molar-refractivity contribution in [3.05, 3.63) is 89.7 Å². The van der Waals surface area contributed by atoms with E-state index in [1.54, 1.807) is 12.1 Å². The van der Waals surface area contributed by atoms with E-state index >= 15 is 0 Å². The van der Waals surface area contributed by atoms with E-state index in [0.29, 0.717) is 29.8 Å². The summed E-state index contributed by atoms with van der Waals surface area (Å²) < 4.78 is 26.1. The number of ether oxygens (including phenoxy) is 2. The maximum atomic E-state index is 13.1. The van der Waals surface area contributed by atoms with Crippen LogP contribution in [0.2, 0.25) is 0 Å². The summed E-state index contributed by atoms with van der Waals surface area (Å²) >= 11 is 1.34. The molecule has 1 aromatic heterocycles. The van der Waals surface area contributed by atoms with Gasteiger partial charge < -0.3 is 14.8 Å². The number of fused-ring (bicyclic) bond motifs is 1. The number of nitrogens with zero attached hydrogens (tertiary/aromatic N) is 3. The molecule has 0 fully saturated rings. The SMILES string of the molecule is CC(Sc1nnc(-c2ccccc2)n1Cc1ccc2c(c1)OCO2)C(=O)NCc1ccc(F)cc1. The van der Waals surface area contributed by atoms with Crippen molar-refractivity contribution in [1.29, 1.82) is 0 Å². The number of carbonyl (C=O) groups is 1. The average Bonchev–Trinajstić information content (AvgIpc) is 3.51. The lowest BCUT2D eigenvalue weighted by molar-refractivity contribution is -0.120. The smallest absolute Gasteiger partial charge is 0.233 e. The van der Waals surface area contributed by atoms with Crippen LogP contribution in [0.15, 0.2) is 78.0 Å². The van der Waals surface area contributed by atoms with Crippen molar-refractivity contribution in [2.45, 2.75) is 30.4 Å². The van der Waals surface area contributed by atoms with Crippen LogP contribution in [0.4, 0.5) is 4.39 Å². The first kappa shape index (κ1) is 22.9. The number of nitrogens with one attached hydrogen (secondary N) is 1. The number of halogens is 1. The molecular formula is C26H23FN4O3S. The van der Waals surface area contributed by atoms with Gasteiger partial charge in [0.25, 0.3) is 0 Å².